The van der Waals surface area contributed by atoms with Crippen LogP contribution in [0.15, 0.2) is 24.3 Å². The molecule has 2 rings (SSSR count). The van der Waals surface area contributed by atoms with E-state index in [1.165, 1.54) is 25.0 Å². The first-order valence-corrected chi connectivity index (χ1v) is 7.21. The topological polar surface area (TPSA) is 32.3 Å². The van der Waals surface area contributed by atoms with Crippen LogP contribution >= 0.6 is 0 Å². The normalized spacial score (nSPS) is 26.9. The zero-order valence-electron chi connectivity index (χ0n) is 11.8. The molecule has 0 radical (unpaired) electrons. The Bertz CT molecular complexity index is 402. The van der Waals surface area contributed by atoms with Crippen LogP contribution in [0.5, 0.6) is 0 Å². The van der Waals surface area contributed by atoms with Gasteiger partial charge in [0.25, 0.3) is 0 Å². The van der Waals surface area contributed by atoms with E-state index >= 15 is 0 Å². The van der Waals surface area contributed by atoms with Crippen molar-refractivity contribution in [1.29, 1.82) is 0 Å². The van der Waals surface area contributed by atoms with Gasteiger partial charge >= 0.3 is 0 Å². The molecule has 0 bridgehead atoms. The van der Waals surface area contributed by atoms with Gasteiger partial charge in [0.1, 0.15) is 5.82 Å². The molecule has 0 aromatic heterocycles. The fraction of sp³-hybridized carbons (Fsp3) is 0.625. The molecule has 1 aliphatic rings. The highest BCUT2D eigenvalue weighted by Crippen LogP contribution is 2.28. The molecule has 0 aliphatic carbocycles. The van der Waals surface area contributed by atoms with Gasteiger partial charge in [-0.15, -0.1) is 0 Å². The molecule has 19 heavy (non-hydrogen) atoms. The molecule has 106 valence electrons. The van der Waals surface area contributed by atoms with Crippen molar-refractivity contribution in [2.45, 2.75) is 51.2 Å². The number of benzene rings is 1. The summed E-state index contributed by atoms with van der Waals surface area (Å²) in [4.78, 5) is 0. The lowest BCUT2D eigenvalue weighted by atomic mass is 9.80. The van der Waals surface area contributed by atoms with Crippen LogP contribution in [-0.4, -0.2) is 23.3 Å². The molecule has 1 aromatic carbocycles. The van der Waals surface area contributed by atoms with Gasteiger partial charge in [-0.2, -0.15) is 0 Å². The quantitative estimate of drug-likeness (QED) is 0.877. The molecule has 1 aliphatic heterocycles. The van der Waals surface area contributed by atoms with Gasteiger partial charge in [0, 0.05) is 12.5 Å². The first-order chi connectivity index (χ1) is 9.01. The van der Waals surface area contributed by atoms with Gasteiger partial charge in [-0.1, -0.05) is 25.5 Å². The fourth-order valence-electron chi connectivity index (χ4n) is 2.98. The SMILES string of the molecule is CCC1CCNC(C(C)(O)Cc2ccc(F)cc2)C1. The van der Waals surface area contributed by atoms with E-state index in [4.69, 9.17) is 0 Å². The van der Waals surface area contributed by atoms with Crippen molar-refractivity contribution in [2.24, 2.45) is 5.92 Å². The average molecular weight is 265 g/mol. The Balaban J connectivity index is 2.02. The van der Waals surface area contributed by atoms with Crippen LogP contribution in [-0.2, 0) is 6.42 Å². The molecule has 1 heterocycles. The Kier molecular flexibility index (Phi) is 4.58. The van der Waals surface area contributed by atoms with Crippen LogP contribution in [0.4, 0.5) is 4.39 Å². The van der Waals surface area contributed by atoms with E-state index < -0.39 is 5.60 Å². The molecule has 0 saturated carbocycles. The maximum atomic E-state index is 12.9. The molecule has 2 nitrogen and oxygen atoms in total. The number of piperidine rings is 1. The molecule has 1 aromatic rings. The lowest BCUT2D eigenvalue weighted by Crippen LogP contribution is -2.53. The van der Waals surface area contributed by atoms with E-state index in [-0.39, 0.29) is 11.9 Å². The molecule has 3 heteroatoms. The molecular weight excluding hydrogens is 241 g/mol. The summed E-state index contributed by atoms with van der Waals surface area (Å²) in [5, 5.41) is 14.2. The summed E-state index contributed by atoms with van der Waals surface area (Å²) < 4.78 is 12.9. The second-order valence-electron chi connectivity index (χ2n) is 5.97. The van der Waals surface area contributed by atoms with E-state index in [0.29, 0.717) is 12.3 Å². The molecule has 2 N–H and O–H groups in total. The smallest absolute Gasteiger partial charge is 0.123 e. The summed E-state index contributed by atoms with van der Waals surface area (Å²) in [6.45, 7) is 5.07. The van der Waals surface area contributed by atoms with Crippen molar-refractivity contribution in [1.82, 2.24) is 5.32 Å². The summed E-state index contributed by atoms with van der Waals surface area (Å²) >= 11 is 0. The van der Waals surface area contributed by atoms with Gasteiger partial charge in [0.05, 0.1) is 5.60 Å². The van der Waals surface area contributed by atoms with Gasteiger partial charge in [0.2, 0.25) is 0 Å². The molecule has 3 atom stereocenters. The van der Waals surface area contributed by atoms with Crippen molar-refractivity contribution in [3.63, 3.8) is 0 Å². The van der Waals surface area contributed by atoms with Crippen molar-refractivity contribution >= 4 is 0 Å². The largest absolute Gasteiger partial charge is 0.388 e. The average Bonchev–Trinajstić information content (AvgIpc) is 2.41. The maximum absolute atomic E-state index is 12.9. The zero-order valence-corrected chi connectivity index (χ0v) is 11.8. The van der Waals surface area contributed by atoms with Crippen LogP contribution in [0.25, 0.3) is 0 Å². The van der Waals surface area contributed by atoms with Crippen molar-refractivity contribution in [2.75, 3.05) is 6.54 Å². The second-order valence-corrected chi connectivity index (χ2v) is 5.97. The van der Waals surface area contributed by atoms with Crippen molar-refractivity contribution in [3.05, 3.63) is 35.6 Å². The van der Waals surface area contributed by atoms with Gasteiger partial charge in [-0.05, 0) is 49.9 Å². The van der Waals surface area contributed by atoms with Crippen molar-refractivity contribution < 1.29 is 9.50 Å². The first kappa shape index (κ1) is 14.5. The van der Waals surface area contributed by atoms with Gasteiger partial charge in [-0.3, -0.25) is 0 Å². The minimum atomic E-state index is -0.786. The van der Waals surface area contributed by atoms with Crippen molar-refractivity contribution in [3.8, 4) is 0 Å². The lowest BCUT2D eigenvalue weighted by molar-refractivity contribution is 0.00168. The lowest BCUT2D eigenvalue weighted by Gasteiger charge is -2.39. The van der Waals surface area contributed by atoms with Gasteiger partial charge in [0.15, 0.2) is 0 Å². The minimum Gasteiger partial charge on any atom is -0.388 e. The highest BCUT2D eigenvalue weighted by Gasteiger charge is 2.35. The molecule has 1 fully saturated rings. The highest BCUT2D eigenvalue weighted by atomic mass is 19.1. The van der Waals surface area contributed by atoms with Crippen LogP contribution in [0.3, 0.4) is 0 Å². The number of halogens is 1. The predicted molar refractivity (Wildman–Crippen MR) is 75.5 cm³/mol. The van der Waals surface area contributed by atoms with Crippen LogP contribution in [0.1, 0.15) is 38.7 Å². The van der Waals surface area contributed by atoms with E-state index in [2.05, 4.69) is 12.2 Å². The fourth-order valence-corrected chi connectivity index (χ4v) is 2.98. The highest BCUT2D eigenvalue weighted by molar-refractivity contribution is 5.19. The Morgan fingerprint density at radius 3 is 2.68 bits per heavy atom. The Morgan fingerprint density at radius 2 is 2.05 bits per heavy atom. The second kappa shape index (κ2) is 6.02. The third kappa shape index (κ3) is 3.77. The minimum absolute atomic E-state index is 0.122. The molecule has 0 spiro atoms. The van der Waals surface area contributed by atoms with E-state index in [9.17, 15) is 9.50 Å². The number of hydrogen-bond acceptors (Lipinski definition) is 2. The summed E-state index contributed by atoms with van der Waals surface area (Å²) in [7, 11) is 0. The molecule has 3 unspecified atom stereocenters. The van der Waals surface area contributed by atoms with Crippen LogP contribution in [0, 0.1) is 11.7 Å². The standard InChI is InChI=1S/C16H24FNO/c1-3-12-8-9-18-15(10-12)16(2,19)11-13-4-6-14(17)7-5-13/h4-7,12,15,18-19H,3,8-11H2,1-2H3. The summed E-state index contributed by atoms with van der Waals surface area (Å²) in [6.07, 6.45) is 3.94. The third-order valence-corrected chi connectivity index (χ3v) is 4.32. The maximum Gasteiger partial charge on any atom is 0.123 e. The van der Waals surface area contributed by atoms with Crippen LogP contribution < -0.4 is 5.32 Å². The van der Waals surface area contributed by atoms with E-state index in [1.54, 1.807) is 12.1 Å². The molecular formula is C16H24FNO. The number of nitrogens with one attached hydrogen (secondary N) is 1. The number of hydrogen-bond donors (Lipinski definition) is 2. The predicted octanol–water partition coefficient (Wildman–Crippen LogP) is 2.90. The van der Waals surface area contributed by atoms with E-state index in [0.717, 1.165) is 18.5 Å². The molecule has 0 amide bonds. The Morgan fingerprint density at radius 1 is 1.37 bits per heavy atom. The Labute approximate surface area is 115 Å². The Hall–Kier alpha value is -0.930. The summed E-state index contributed by atoms with van der Waals surface area (Å²) in [5.41, 5.74) is 0.192. The number of rotatable bonds is 4. The summed E-state index contributed by atoms with van der Waals surface area (Å²) in [5.74, 6) is 0.469. The van der Waals surface area contributed by atoms with Crippen LogP contribution in [0.2, 0.25) is 0 Å². The molecule has 1 saturated heterocycles. The van der Waals surface area contributed by atoms with Gasteiger partial charge in [-0.25, -0.2) is 4.39 Å². The summed E-state index contributed by atoms with van der Waals surface area (Å²) in [6, 6.07) is 6.54. The van der Waals surface area contributed by atoms with Gasteiger partial charge < -0.3 is 10.4 Å². The van der Waals surface area contributed by atoms with E-state index in [1.807, 2.05) is 6.92 Å². The first-order valence-electron chi connectivity index (χ1n) is 7.21. The third-order valence-electron chi connectivity index (χ3n) is 4.32. The number of aliphatic hydroxyl groups is 1. The zero-order chi connectivity index (χ0) is 13.9. The monoisotopic (exact) mass is 265 g/mol.